The first-order valence-corrected chi connectivity index (χ1v) is 10.3. The van der Waals surface area contributed by atoms with Crippen molar-refractivity contribution in [2.45, 2.75) is 13.3 Å². The normalized spacial score (nSPS) is 14.7. The molecule has 0 spiro atoms. The molecule has 0 radical (unpaired) electrons. The van der Waals surface area contributed by atoms with Crippen LogP contribution in [-0.4, -0.2) is 41.0 Å². The molecule has 3 N–H and O–H groups in total. The van der Waals surface area contributed by atoms with Gasteiger partial charge in [0.25, 0.3) is 17.1 Å². The second-order valence-corrected chi connectivity index (χ2v) is 7.68. The van der Waals surface area contributed by atoms with Gasteiger partial charge in [-0.3, -0.25) is 24.1 Å². The largest absolute Gasteiger partial charge is 0.484 e. The number of thioether (sulfide) groups is 1. The zero-order valence-corrected chi connectivity index (χ0v) is 17.6. The minimum absolute atomic E-state index is 0.218. The van der Waals surface area contributed by atoms with Crippen molar-refractivity contribution in [3.8, 4) is 5.75 Å². The molecular weight excluding hydrogens is 418 g/mol. The van der Waals surface area contributed by atoms with E-state index >= 15 is 0 Å². The summed E-state index contributed by atoms with van der Waals surface area (Å²) in [6.45, 7) is 1.44. The molecule has 1 saturated heterocycles. The SMILES string of the molecule is CCc1ccc(NC(=O)CN2C(=O)S/C(=C\c3ccc(OCC(N)=O)cc3)C2=O)cc1. The number of aryl methyl sites for hydroxylation is 1. The lowest BCUT2D eigenvalue weighted by Gasteiger charge is -2.12. The number of rotatable bonds is 8. The fourth-order valence-electron chi connectivity index (χ4n) is 2.77. The first kappa shape index (κ1) is 22.1. The lowest BCUT2D eigenvalue weighted by atomic mass is 10.1. The van der Waals surface area contributed by atoms with Gasteiger partial charge in [-0.1, -0.05) is 31.2 Å². The summed E-state index contributed by atoms with van der Waals surface area (Å²) in [6.07, 6.45) is 2.45. The zero-order chi connectivity index (χ0) is 22.4. The van der Waals surface area contributed by atoms with E-state index in [0.717, 1.165) is 28.6 Å². The third-order valence-corrected chi connectivity index (χ3v) is 5.29. The smallest absolute Gasteiger partial charge is 0.294 e. The first-order valence-electron chi connectivity index (χ1n) is 9.51. The van der Waals surface area contributed by atoms with Crippen LogP contribution in [0.15, 0.2) is 53.4 Å². The van der Waals surface area contributed by atoms with Gasteiger partial charge in [0.05, 0.1) is 4.91 Å². The molecule has 1 heterocycles. The quantitative estimate of drug-likeness (QED) is 0.611. The van der Waals surface area contributed by atoms with E-state index in [2.05, 4.69) is 5.32 Å². The minimum atomic E-state index is -0.584. The molecule has 31 heavy (non-hydrogen) atoms. The number of nitrogens with zero attached hydrogens (tertiary/aromatic N) is 1. The van der Waals surface area contributed by atoms with Crippen LogP contribution in [0.2, 0.25) is 0 Å². The molecule has 0 saturated carbocycles. The summed E-state index contributed by atoms with van der Waals surface area (Å²) < 4.78 is 5.18. The predicted molar refractivity (Wildman–Crippen MR) is 118 cm³/mol. The molecule has 1 fully saturated rings. The number of carbonyl (C=O) groups excluding carboxylic acids is 4. The molecule has 8 nitrogen and oxygen atoms in total. The van der Waals surface area contributed by atoms with Crippen LogP contribution in [0.5, 0.6) is 5.75 Å². The Kier molecular flexibility index (Phi) is 7.09. The molecule has 2 aromatic rings. The number of nitrogens with one attached hydrogen (secondary N) is 1. The van der Waals surface area contributed by atoms with E-state index < -0.39 is 23.0 Å². The van der Waals surface area contributed by atoms with E-state index in [1.165, 1.54) is 0 Å². The van der Waals surface area contributed by atoms with Crippen molar-refractivity contribution in [3.63, 3.8) is 0 Å². The highest BCUT2D eigenvalue weighted by molar-refractivity contribution is 8.18. The van der Waals surface area contributed by atoms with Crippen molar-refractivity contribution in [3.05, 3.63) is 64.6 Å². The highest BCUT2D eigenvalue weighted by atomic mass is 32.2. The van der Waals surface area contributed by atoms with E-state index in [4.69, 9.17) is 10.5 Å². The van der Waals surface area contributed by atoms with Crippen LogP contribution in [-0.2, 0) is 20.8 Å². The van der Waals surface area contributed by atoms with Crippen LogP contribution in [0.4, 0.5) is 10.5 Å². The zero-order valence-electron chi connectivity index (χ0n) is 16.8. The summed E-state index contributed by atoms with van der Waals surface area (Å²) in [5, 5.41) is 2.19. The van der Waals surface area contributed by atoms with Crippen molar-refractivity contribution in [1.29, 1.82) is 0 Å². The number of nitrogens with two attached hydrogens (primary N) is 1. The van der Waals surface area contributed by atoms with Crippen molar-refractivity contribution in [1.82, 2.24) is 4.90 Å². The fraction of sp³-hybridized carbons (Fsp3) is 0.182. The molecule has 4 amide bonds. The summed E-state index contributed by atoms with van der Waals surface area (Å²) in [5.41, 5.74) is 7.44. The Morgan fingerprint density at radius 1 is 1.10 bits per heavy atom. The van der Waals surface area contributed by atoms with Gasteiger partial charge in [0, 0.05) is 5.69 Å². The summed E-state index contributed by atoms with van der Waals surface area (Å²) >= 11 is 0.774. The Morgan fingerprint density at radius 3 is 2.39 bits per heavy atom. The number of imide groups is 1. The average molecular weight is 439 g/mol. The Labute approximate surface area is 183 Å². The molecule has 0 aliphatic carbocycles. The first-order chi connectivity index (χ1) is 14.9. The van der Waals surface area contributed by atoms with E-state index in [0.29, 0.717) is 17.0 Å². The second-order valence-electron chi connectivity index (χ2n) is 6.69. The van der Waals surface area contributed by atoms with Gasteiger partial charge in [-0.25, -0.2) is 0 Å². The standard InChI is InChI=1S/C22H21N3O5S/c1-2-14-3-7-16(8-4-14)24-20(27)12-25-21(28)18(31-22(25)29)11-15-5-9-17(10-6-15)30-13-19(23)26/h3-11H,2,12-13H2,1H3,(H2,23,26)(H,24,27)/b18-11-. The summed E-state index contributed by atoms with van der Waals surface area (Å²) in [4.78, 5) is 49.0. The number of anilines is 1. The van der Waals surface area contributed by atoms with Gasteiger partial charge in [0.2, 0.25) is 5.91 Å². The summed E-state index contributed by atoms with van der Waals surface area (Å²) in [7, 11) is 0. The lowest BCUT2D eigenvalue weighted by molar-refractivity contribution is -0.127. The molecule has 1 aliphatic rings. The van der Waals surface area contributed by atoms with Crippen molar-refractivity contribution >= 4 is 46.5 Å². The number of hydrogen-bond donors (Lipinski definition) is 2. The van der Waals surface area contributed by atoms with Crippen molar-refractivity contribution < 1.29 is 23.9 Å². The molecule has 0 bridgehead atoms. The van der Waals surface area contributed by atoms with Crippen molar-refractivity contribution in [2.75, 3.05) is 18.5 Å². The van der Waals surface area contributed by atoms with Crippen LogP contribution >= 0.6 is 11.8 Å². The number of primary amides is 1. The molecule has 1 aliphatic heterocycles. The van der Waals surface area contributed by atoms with E-state index in [-0.39, 0.29) is 18.1 Å². The maximum absolute atomic E-state index is 12.6. The van der Waals surface area contributed by atoms with Gasteiger partial charge >= 0.3 is 0 Å². The Balaban J connectivity index is 1.61. The van der Waals surface area contributed by atoms with Crippen LogP contribution in [0.1, 0.15) is 18.1 Å². The summed E-state index contributed by atoms with van der Waals surface area (Å²) in [6, 6.07) is 14.0. The second kappa shape index (κ2) is 9.94. The predicted octanol–water partition coefficient (Wildman–Crippen LogP) is 2.79. The molecule has 0 aromatic heterocycles. The van der Waals surface area contributed by atoms with Crippen LogP contribution in [0.3, 0.4) is 0 Å². The molecule has 3 rings (SSSR count). The molecule has 0 unspecified atom stereocenters. The van der Waals surface area contributed by atoms with Crippen LogP contribution in [0, 0.1) is 0 Å². The van der Waals surface area contributed by atoms with Gasteiger partial charge in [0.15, 0.2) is 6.61 Å². The highest BCUT2D eigenvalue weighted by Crippen LogP contribution is 2.32. The number of benzene rings is 2. The minimum Gasteiger partial charge on any atom is -0.484 e. The maximum Gasteiger partial charge on any atom is 0.294 e. The molecule has 9 heteroatoms. The molecule has 160 valence electrons. The van der Waals surface area contributed by atoms with E-state index in [1.54, 1.807) is 42.5 Å². The molecule has 0 atom stereocenters. The number of hydrogen-bond acceptors (Lipinski definition) is 6. The Morgan fingerprint density at radius 2 is 1.77 bits per heavy atom. The highest BCUT2D eigenvalue weighted by Gasteiger charge is 2.36. The molecule has 2 aromatic carbocycles. The summed E-state index contributed by atoms with van der Waals surface area (Å²) in [5.74, 6) is -1.11. The lowest BCUT2D eigenvalue weighted by Crippen LogP contribution is -2.36. The van der Waals surface area contributed by atoms with Crippen LogP contribution in [0.25, 0.3) is 6.08 Å². The van der Waals surface area contributed by atoms with Crippen LogP contribution < -0.4 is 15.8 Å². The maximum atomic E-state index is 12.6. The van der Waals surface area contributed by atoms with Gasteiger partial charge in [-0.05, 0) is 59.7 Å². The van der Waals surface area contributed by atoms with Crippen molar-refractivity contribution in [2.24, 2.45) is 5.73 Å². The van der Waals surface area contributed by atoms with E-state index in [9.17, 15) is 19.2 Å². The average Bonchev–Trinajstić information content (AvgIpc) is 3.01. The monoisotopic (exact) mass is 439 g/mol. The third-order valence-electron chi connectivity index (χ3n) is 4.38. The topological polar surface area (TPSA) is 119 Å². The third kappa shape index (κ3) is 5.95. The van der Waals surface area contributed by atoms with Gasteiger partial charge < -0.3 is 15.8 Å². The van der Waals surface area contributed by atoms with Gasteiger partial charge in [-0.2, -0.15) is 0 Å². The van der Waals surface area contributed by atoms with Gasteiger partial charge in [0.1, 0.15) is 12.3 Å². The number of ether oxygens (including phenoxy) is 1. The fourth-order valence-corrected chi connectivity index (χ4v) is 3.61. The van der Waals surface area contributed by atoms with Gasteiger partial charge in [-0.15, -0.1) is 0 Å². The molecular formula is C22H21N3O5S. The van der Waals surface area contributed by atoms with E-state index in [1.807, 2.05) is 19.1 Å². The Bertz CT molecular complexity index is 1030. The Hall–Kier alpha value is -3.59. The number of amides is 4. The number of carbonyl (C=O) groups is 4.